The van der Waals surface area contributed by atoms with Crippen molar-refractivity contribution in [3.05, 3.63) is 16.7 Å². The van der Waals surface area contributed by atoms with Crippen LogP contribution in [-0.2, 0) is 38.1 Å². The number of nitrogens with one attached hydrogen (secondary N) is 3. The first-order chi connectivity index (χ1) is 33.5. The second kappa shape index (κ2) is 37.9. The minimum atomic E-state index is -1.53. The van der Waals surface area contributed by atoms with Crippen LogP contribution in [0.25, 0.3) is 11.2 Å². The maximum atomic E-state index is 14.4. The van der Waals surface area contributed by atoms with Gasteiger partial charge in [0.05, 0.1) is 13.4 Å². The molecule has 1 saturated heterocycles. The Morgan fingerprint density at radius 3 is 1.64 bits per heavy atom. The Morgan fingerprint density at radius 1 is 0.714 bits per heavy atom. The van der Waals surface area contributed by atoms with Gasteiger partial charge < -0.3 is 47.7 Å². The highest BCUT2D eigenvalue weighted by Crippen LogP contribution is 2.36. The van der Waals surface area contributed by atoms with Crippen LogP contribution in [0.5, 0.6) is 0 Å². The van der Waals surface area contributed by atoms with Crippen LogP contribution >= 0.6 is 0 Å². The van der Waals surface area contributed by atoms with Crippen molar-refractivity contribution < 1.29 is 50.5 Å². The number of imidazole rings is 1. The number of esters is 3. The van der Waals surface area contributed by atoms with E-state index in [1.54, 1.807) is 0 Å². The molecular weight excluding hydrogens is 914 g/mol. The first-order valence-electron chi connectivity index (χ1n) is 27.4. The molecule has 5 N–H and O–H groups in total. The molecule has 0 unspecified atom stereocenters. The molecule has 5 atom stereocenters. The Balaban J connectivity index is 0.0000168. The van der Waals surface area contributed by atoms with Crippen molar-refractivity contribution in [2.24, 2.45) is 11.7 Å². The van der Waals surface area contributed by atoms with Crippen LogP contribution in [0.2, 0.25) is 0 Å². The van der Waals surface area contributed by atoms with E-state index >= 15 is 0 Å². The third-order valence-corrected chi connectivity index (χ3v) is 13.1. The molecule has 70 heavy (non-hydrogen) atoms. The van der Waals surface area contributed by atoms with Crippen LogP contribution in [-0.4, -0.2) is 87.9 Å². The lowest BCUT2D eigenvalue weighted by Gasteiger charge is -2.25. The van der Waals surface area contributed by atoms with Gasteiger partial charge in [-0.3, -0.25) is 28.7 Å². The molecule has 0 radical (unpaired) electrons. The molecule has 17 heteroatoms. The molecule has 3 heterocycles. The first kappa shape index (κ1) is 62.4. The van der Waals surface area contributed by atoms with Gasteiger partial charge in [-0.05, 0) is 44.6 Å². The summed E-state index contributed by atoms with van der Waals surface area (Å²) in [5.74, 6) is -2.08. The fraction of sp³-hybridized carbons (Fsp3) is 0.830. The number of aromatic amines is 1. The summed E-state index contributed by atoms with van der Waals surface area (Å²) in [6.07, 6.45) is 27.4. The number of anilines is 1. The molecule has 0 saturated carbocycles. The number of H-pyrrole nitrogens is 1. The maximum Gasteiger partial charge on any atom is 0.328 e. The Bertz CT molecular complexity index is 1790. The molecule has 16 nitrogen and oxygen atoms in total. The van der Waals surface area contributed by atoms with Gasteiger partial charge in [0, 0.05) is 19.4 Å². The fourth-order valence-corrected chi connectivity index (χ4v) is 8.96. The number of ether oxygens (including phenoxy) is 4. The largest absolute Gasteiger partial charge is 1.00 e. The highest BCUT2D eigenvalue weighted by molar-refractivity contribution is 5.88. The smallest absolute Gasteiger partial charge is 0.328 e. The van der Waals surface area contributed by atoms with Gasteiger partial charge in [0.2, 0.25) is 5.95 Å². The molecular formula is C53H93ClN7O9-. The molecule has 3 rings (SSSR count). The number of nitrogens with two attached hydrogens (primary N) is 1. The summed E-state index contributed by atoms with van der Waals surface area (Å²) >= 11 is 0. The van der Waals surface area contributed by atoms with Crippen LogP contribution in [0, 0.1) is 5.92 Å². The molecule has 1 amide bonds. The highest BCUT2D eigenvalue weighted by atomic mass is 35.5. The number of amides is 1. The molecule has 1 aliphatic rings. The zero-order chi connectivity index (χ0) is 50.1. The molecule has 0 aromatic carbocycles. The summed E-state index contributed by atoms with van der Waals surface area (Å²) in [6, 6.07) is -1.04. The molecule has 0 aliphatic carbocycles. The monoisotopic (exact) mass is 1010 g/mol. The van der Waals surface area contributed by atoms with Crippen LogP contribution < -0.4 is 34.3 Å². The maximum absolute atomic E-state index is 14.4. The number of methoxy groups -OCH3 is 1. The lowest BCUT2D eigenvalue weighted by Crippen LogP contribution is -3.00. The Morgan fingerprint density at radius 2 is 1.19 bits per heavy atom. The average molecular weight is 1010 g/mol. The van der Waals surface area contributed by atoms with E-state index in [-0.39, 0.29) is 54.7 Å². The summed E-state index contributed by atoms with van der Waals surface area (Å²) in [5, 5.41) is 5.89. The lowest BCUT2D eigenvalue weighted by atomic mass is 10.0. The van der Waals surface area contributed by atoms with Crippen LogP contribution in [0.1, 0.15) is 233 Å². The predicted molar refractivity (Wildman–Crippen MR) is 273 cm³/mol. The van der Waals surface area contributed by atoms with Gasteiger partial charge in [-0.2, -0.15) is 4.98 Å². The third kappa shape index (κ3) is 24.1. The average Bonchev–Trinajstić information content (AvgIpc) is 3.91. The van der Waals surface area contributed by atoms with E-state index in [0.717, 1.165) is 38.5 Å². The number of carbonyl (C=O) groups is 4. The third-order valence-electron chi connectivity index (χ3n) is 13.1. The van der Waals surface area contributed by atoms with E-state index in [1.807, 2.05) is 13.8 Å². The predicted octanol–water partition coefficient (Wildman–Crippen LogP) is 7.66. The van der Waals surface area contributed by atoms with Gasteiger partial charge in [-0.25, -0.2) is 9.78 Å². The number of hydrogen-bond donors (Lipinski definition) is 4. The van der Waals surface area contributed by atoms with Crippen molar-refractivity contribution >= 4 is 40.9 Å². The number of fused-ring (bicyclic) bond motifs is 1. The molecule has 1 fully saturated rings. The molecule has 2 aromatic heterocycles. The van der Waals surface area contributed by atoms with E-state index in [1.165, 1.54) is 134 Å². The van der Waals surface area contributed by atoms with E-state index < -0.39 is 60.0 Å². The van der Waals surface area contributed by atoms with Gasteiger partial charge in [0.15, 0.2) is 35.7 Å². The normalized spacial score (nSPS) is 17.1. The minimum absolute atomic E-state index is 0. The SMILES string of the molecule is CCCCCCCCCCCCCCCC(=O)O[C@@H]1[C@H](OC(=O)CCCCCCCCCCCCCCC)[C@@H](C(=O)N[C@@H](CCCCN)C(=O)OC)O[C@H]1n1cnc2c(=O)[nH]c(NCC(C)C)nc21.[Cl-]. The van der Waals surface area contributed by atoms with Crippen molar-refractivity contribution in [1.29, 1.82) is 0 Å². The number of nitrogens with zero attached hydrogens (tertiary/aromatic N) is 3. The summed E-state index contributed by atoms with van der Waals surface area (Å²) in [7, 11) is 1.24. The van der Waals surface area contributed by atoms with Gasteiger partial charge in [-0.1, -0.05) is 182 Å². The van der Waals surface area contributed by atoms with Gasteiger partial charge in [0.1, 0.15) is 6.04 Å². The summed E-state index contributed by atoms with van der Waals surface area (Å²) in [4.78, 5) is 79.8. The molecule has 0 bridgehead atoms. The number of carbonyl (C=O) groups excluding carboxylic acids is 4. The second-order valence-electron chi connectivity index (χ2n) is 19.7. The van der Waals surface area contributed by atoms with Crippen LogP contribution in [0.15, 0.2) is 11.1 Å². The number of hydrogen-bond acceptors (Lipinski definition) is 13. The Labute approximate surface area is 426 Å². The number of halogens is 1. The van der Waals surface area contributed by atoms with Crippen LogP contribution in [0.3, 0.4) is 0 Å². The molecule has 1 aliphatic heterocycles. The molecule has 2 aromatic rings. The van der Waals surface area contributed by atoms with Crippen molar-refractivity contribution in [1.82, 2.24) is 24.8 Å². The van der Waals surface area contributed by atoms with Crippen molar-refractivity contribution in [3.8, 4) is 0 Å². The van der Waals surface area contributed by atoms with Gasteiger partial charge in [0.25, 0.3) is 11.5 Å². The first-order valence-corrected chi connectivity index (χ1v) is 27.4. The van der Waals surface area contributed by atoms with Gasteiger partial charge in [-0.15, -0.1) is 0 Å². The number of rotatable bonds is 41. The zero-order valence-corrected chi connectivity index (χ0v) is 44.6. The molecule has 0 spiro atoms. The molecule has 402 valence electrons. The Hall–Kier alpha value is -3.76. The highest BCUT2D eigenvalue weighted by Gasteiger charge is 2.54. The van der Waals surface area contributed by atoms with Gasteiger partial charge >= 0.3 is 17.9 Å². The van der Waals surface area contributed by atoms with Crippen molar-refractivity contribution in [3.63, 3.8) is 0 Å². The topological polar surface area (TPSA) is 219 Å². The number of unbranched alkanes of at least 4 members (excludes halogenated alkanes) is 25. The lowest BCUT2D eigenvalue weighted by molar-refractivity contribution is -0.169. The standard InChI is InChI=1S/C53H93N7O9.ClH/c1-6-8-10-12-14-16-18-20-22-24-26-28-30-35-42(61)67-45-46(50(64)57-41(52(65)66-5)34-32-33-37-54)69-51(60-39-56-44-48(60)58-53(59-49(44)63)55-38-40(3)4)47(45)68-43(62)36-31-29-27-25-23-21-19-17-15-13-11-9-7-2;/h39-41,45-47,51H,6-38,54H2,1-5H3,(H,57,64)(H2,55,58,59,63);1H/p-1/t41-,45+,46-,47+,51+;/m0./s1. The zero-order valence-electron chi connectivity index (χ0n) is 43.8. The Kier molecular flexibility index (Phi) is 33.8. The van der Waals surface area contributed by atoms with Crippen molar-refractivity contribution in [2.45, 2.75) is 257 Å². The van der Waals surface area contributed by atoms with E-state index in [4.69, 9.17) is 24.7 Å². The van der Waals surface area contributed by atoms with Crippen LogP contribution in [0.4, 0.5) is 5.95 Å². The second-order valence-corrected chi connectivity index (χ2v) is 19.7. The summed E-state index contributed by atoms with van der Waals surface area (Å²) in [5.41, 5.74) is 5.33. The van der Waals surface area contributed by atoms with E-state index in [9.17, 15) is 24.0 Å². The number of aromatic nitrogens is 4. The fourth-order valence-electron chi connectivity index (χ4n) is 8.96. The summed E-state index contributed by atoms with van der Waals surface area (Å²) < 4.78 is 25.3. The van der Waals surface area contributed by atoms with Crippen molar-refractivity contribution in [2.75, 3.05) is 25.5 Å². The van der Waals surface area contributed by atoms with E-state index in [0.29, 0.717) is 38.8 Å². The minimum Gasteiger partial charge on any atom is -1.00 e. The quantitative estimate of drug-likeness (QED) is 0.0286. The van der Waals surface area contributed by atoms with E-state index in [2.05, 4.69) is 39.4 Å². The summed E-state index contributed by atoms with van der Waals surface area (Å²) in [6.45, 7) is 9.45.